The maximum Gasteiger partial charge on any atom is 0.0469 e. The van der Waals surface area contributed by atoms with E-state index >= 15 is 0 Å². The quantitative estimate of drug-likeness (QED) is 0.183. The van der Waals surface area contributed by atoms with Gasteiger partial charge in [-0.1, -0.05) is 114 Å². The van der Waals surface area contributed by atoms with Crippen molar-refractivity contribution in [1.82, 2.24) is 0 Å². The van der Waals surface area contributed by atoms with Crippen LogP contribution in [-0.2, 0) is 0 Å². The topological polar surface area (TPSA) is 0 Å². The van der Waals surface area contributed by atoms with Gasteiger partial charge >= 0.3 is 0 Å². The number of fused-ring (bicyclic) bond motifs is 4. The molecule has 0 aliphatic heterocycles. The van der Waals surface area contributed by atoms with Crippen molar-refractivity contribution in [3.8, 4) is 0 Å². The summed E-state index contributed by atoms with van der Waals surface area (Å²) in [6.45, 7) is 37.7. The Hall–Kier alpha value is 0.210. The molecule has 0 saturated heterocycles. The highest BCUT2D eigenvalue weighted by atomic mass is 127. The lowest BCUT2D eigenvalue weighted by Gasteiger charge is -2.74. The fourth-order valence-electron chi connectivity index (χ4n) is 7.53. The van der Waals surface area contributed by atoms with E-state index < -0.39 is 0 Å². The molecule has 0 spiro atoms. The van der Waals surface area contributed by atoms with Crippen LogP contribution in [0.1, 0.15) is 104 Å². The molecule has 0 N–H and O–H groups in total. The third-order valence-electron chi connectivity index (χ3n) is 12.1. The zero-order chi connectivity index (χ0) is 21.8. The lowest BCUT2D eigenvalue weighted by molar-refractivity contribution is -0.183. The van der Waals surface area contributed by atoms with E-state index in [4.69, 9.17) is 0 Å². The monoisotopic (exact) mass is 484 g/mol. The van der Waals surface area contributed by atoms with Crippen LogP contribution in [0.2, 0.25) is 0 Å². The smallest absolute Gasteiger partial charge is 0.0469 e. The normalized spacial score (nSPS) is 48.0. The molecule has 3 unspecified atom stereocenters. The van der Waals surface area contributed by atoms with Crippen molar-refractivity contribution in [3.63, 3.8) is 0 Å². The van der Waals surface area contributed by atoms with E-state index in [1.165, 1.54) is 0 Å². The Kier molecular flexibility index (Phi) is 4.93. The molecule has 2 bridgehead atoms. The molecule has 3 aliphatic carbocycles. The third kappa shape index (κ3) is 2.07. The highest BCUT2D eigenvalue weighted by Crippen LogP contribution is 2.78. The number of rotatable bonds is 0. The molecular formula is C26H45I. The molecule has 3 rings (SSSR count). The Labute approximate surface area is 184 Å². The van der Waals surface area contributed by atoms with Crippen LogP contribution >= 0.6 is 22.6 Å². The molecule has 27 heavy (non-hydrogen) atoms. The fourth-order valence-corrected chi connectivity index (χ4v) is 9.28. The van der Waals surface area contributed by atoms with E-state index in [0.717, 1.165) is 0 Å². The van der Waals surface area contributed by atoms with Gasteiger partial charge in [0.05, 0.1) is 0 Å². The molecule has 0 aromatic heterocycles. The van der Waals surface area contributed by atoms with E-state index in [1.807, 2.05) is 0 Å². The van der Waals surface area contributed by atoms with Crippen molar-refractivity contribution in [2.24, 2.45) is 32.5 Å². The molecule has 0 nitrogen and oxygen atoms in total. The minimum absolute atomic E-state index is 0.0351. The van der Waals surface area contributed by atoms with Crippen molar-refractivity contribution in [3.05, 3.63) is 22.3 Å². The van der Waals surface area contributed by atoms with Crippen LogP contribution < -0.4 is 0 Å². The predicted octanol–water partition coefficient (Wildman–Crippen LogP) is 9.00. The van der Waals surface area contributed by atoms with E-state index in [9.17, 15) is 0 Å². The van der Waals surface area contributed by atoms with Gasteiger partial charge in [-0.2, -0.15) is 0 Å². The summed E-state index contributed by atoms with van der Waals surface area (Å²) in [5.74, 6) is 0. The van der Waals surface area contributed by atoms with Crippen molar-refractivity contribution in [2.45, 2.75) is 107 Å². The summed E-state index contributed by atoms with van der Waals surface area (Å²) in [5, 5.41) is 0. The number of alkyl halides is 1. The Balaban J connectivity index is 3.37. The summed E-state index contributed by atoms with van der Waals surface area (Å²) in [5.41, 5.74) is 6.94. The first-order valence-corrected chi connectivity index (χ1v) is 11.8. The molecule has 1 heteroatoms. The highest BCUT2D eigenvalue weighted by Gasteiger charge is 2.72. The zero-order valence-electron chi connectivity index (χ0n) is 20.9. The minimum Gasteiger partial charge on any atom is -0.0737 e. The van der Waals surface area contributed by atoms with Crippen LogP contribution in [0.25, 0.3) is 0 Å². The van der Waals surface area contributed by atoms with Crippen LogP contribution in [0.5, 0.6) is 0 Å². The lowest BCUT2D eigenvalue weighted by atomic mass is 9.31. The first kappa shape index (κ1) is 23.5. The van der Waals surface area contributed by atoms with Gasteiger partial charge in [0.1, 0.15) is 0 Å². The standard InChI is InChI=1S/C26H45I/c1-16-17(2)24(13)18(3)19(4)25(14,27)26(15,20(16,5)6)23(11,12)21(7,8)22(24,9)10/h1-15H3/b17-16-,19-18-. The van der Waals surface area contributed by atoms with E-state index in [1.54, 1.807) is 22.3 Å². The molecule has 0 fully saturated rings. The summed E-state index contributed by atoms with van der Waals surface area (Å²) < 4.78 is 0.0683. The number of hydrogen-bond acceptors (Lipinski definition) is 0. The molecule has 0 heterocycles. The fraction of sp³-hybridized carbons (Fsp3) is 0.846. The minimum atomic E-state index is 0.0351. The van der Waals surface area contributed by atoms with E-state index in [-0.39, 0.29) is 35.9 Å². The zero-order valence-corrected chi connectivity index (χ0v) is 23.0. The summed E-state index contributed by atoms with van der Waals surface area (Å²) >= 11 is 2.82. The Morgan fingerprint density at radius 2 is 0.852 bits per heavy atom. The molecule has 0 amide bonds. The van der Waals surface area contributed by atoms with Crippen LogP contribution in [0.3, 0.4) is 0 Å². The Morgan fingerprint density at radius 1 is 0.481 bits per heavy atom. The average Bonchev–Trinajstić information content (AvgIpc) is 2.54. The number of hydrogen-bond donors (Lipinski definition) is 0. The Bertz CT molecular complexity index is 696. The van der Waals surface area contributed by atoms with Crippen LogP contribution in [0, 0.1) is 32.5 Å². The number of allylic oxidation sites excluding steroid dienone is 4. The van der Waals surface area contributed by atoms with Gasteiger partial charge in [-0.15, -0.1) is 0 Å². The molecule has 0 aromatic carbocycles. The van der Waals surface area contributed by atoms with Crippen molar-refractivity contribution in [1.29, 1.82) is 0 Å². The van der Waals surface area contributed by atoms with Gasteiger partial charge in [0, 0.05) is 14.3 Å². The second kappa shape index (κ2) is 5.67. The summed E-state index contributed by atoms with van der Waals surface area (Å²) in [4.78, 5) is 0. The van der Waals surface area contributed by atoms with Gasteiger partial charge in [-0.05, 0) is 56.3 Å². The van der Waals surface area contributed by atoms with E-state index in [2.05, 4.69) is 126 Å². The molecular weight excluding hydrogens is 439 g/mol. The van der Waals surface area contributed by atoms with Gasteiger partial charge in [0.2, 0.25) is 0 Å². The Morgan fingerprint density at radius 3 is 1.26 bits per heavy atom. The maximum absolute atomic E-state index is 2.82. The molecule has 0 aromatic rings. The summed E-state index contributed by atoms with van der Waals surface area (Å²) in [6, 6.07) is 0. The van der Waals surface area contributed by atoms with Crippen molar-refractivity contribution >= 4 is 22.6 Å². The van der Waals surface area contributed by atoms with Gasteiger partial charge in [0.15, 0.2) is 0 Å². The van der Waals surface area contributed by atoms with Gasteiger partial charge in [-0.25, -0.2) is 0 Å². The largest absolute Gasteiger partial charge is 0.0737 e. The SMILES string of the molecule is C/C1=C(\C)C2(C)/C(C)=C(/C)C(C)(I)C(C)(C1(C)C)C(C)(C)C(C)(C)C2(C)C. The maximum atomic E-state index is 2.82. The highest BCUT2D eigenvalue weighted by molar-refractivity contribution is 14.1. The molecule has 156 valence electrons. The molecule has 3 atom stereocenters. The number of halogens is 1. The van der Waals surface area contributed by atoms with Crippen LogP contribution in [0.15, 0.2) is 22.3 Å². The molecule has 0 saturated carbocycles. The third-order valence-corrected chi connectivity index (χ3v) is 14.0. The first-order chi connectivity index (χ1) is 11.6. The lowest BCUT2D eigenvalue weighted by Crippen LogP contribution is -2.70. The predicted molar refractivity (Wildman–Crippen MR) is 131 cm³/mol. The van der Waals surface area contributed by atoms with Crippen molar-refractivity contribution in [2.75, 3.05) is 0 Å². The molecule has 3 aliphatic rings. The second-order valence-electron chi connectivity index (χ2n) is 12.3. The van der Waals surface area contributed by atoms with Gasteiger partial charge in [-0.3, -0.25) is 0 Å². The first-order valence-electron chi connectivity index (χ1n) is 10.7. The van der Waals surface area contributed by atoms with Gasteiger partial charge < -0.3 is 0 Å². The molecule has 0 radical (unpaired) electrons. The average molecular weight is 485 g/mol. The van der Waals surface area contributed by atoms with E-state index in [0.29, 0.717) is 0 Å². The van der Waals surface area contributed by atoms with Crippen molar-refractivity contribution < 1.29 is 0 Å². The van der Waals surface area contributed by atoms with Gasteiger partial charge in [0.25, 0.3) is 0 Å². The van der Waals surface area contributed by atoms with Crippen LogP contribution in [-0.4, -0.2) is 3.42 Å². The summed E-state index contributed by atoms with van der Waals surface area (Å²) in [7, 11) is 0. The summed E-state index contributed by atoms with van der Waals surface area (Å²) in [6.07, 6.45) is 0. The second-order valence-corrected chi connectivity index (χ2v) is 14.4. The van der Waals surface area contributed by atoms with Crippen LogP contribution in [0.4, 0.5) is 0 Å².